The molecule has 0 atom stereocenters. The fourth-order valence-electron chi connectivity index (χ4n) is 1.54. The Balaban J connectivity index is 2.14. The number of nitrogens with one attached hydrogen (secondary N) is 1. The van der Waals surface area contributed by atoms with Crippen LogP contribution in [0.5, 0.6) is 0 Å². The number of H-pyrrole nitrogens is 1. The fraction of sp³-hybridized carbons (Fsp3) is 0.250. The van der Waals surface area contributed by atoms with Crippen LogP contribution in [-0.4, -0.2) is 27.8 Å². The molecule has 0 aliphatic heterocycles. The van der Waals surface area contributed by atoms with Crippen molar-refractivity contribution in [2.24, 2.45) is 0 Å². The minimum Gasteiger partial charge on any atom is -0.335 e. The molecule has 2 rings (SSSR count). The molecule has 0 aromatic carbocycles. The highest BCUT2D eigenvalue weighted by molar-refractivity contribution is 7.09. The van der Waals surface area contributed by atoms with E-state index in [0.29, 0.717) is 12.2 Å². The average Bonchev–Trinajstić information content (AvgIpc) is 2.74. The van der Waals surface area contributed by atoms with Gasteiger partial charge in [0.25, 0.3) is 5.91 Å². The van der Waals surface area contributed by atoms with Crippen molar-refractivity contribution in [1.29, 1.82) is 0 Å². The van der Waals surface area contributed by atoms with Crippen LogP contribution in [0.3, 0.4) is 0 Å². The van der Waals surface area contributed by atoms with Crippen LogP contribution in [-0.2, 0) is 6.54 Å². The lowest BCUT2D eigenvalue weighted by Crippen LogP contribution is -2.28. The number of aromatic amines is 1. The van der Waals surface area contributed by atoms with Crippen LogP contribution >= 0.6 is 11.3 Å². The van der Waals surface area contributed by atoms with Crippen LogP contribution in [0.25, 0.3) is 0 Å². The van der Waals surface area contributed by atoms with Gasteiger partial charge in [0.2, 0.25) is 5.56 Å². The number of aromatic nitrogens is 2. The van der Waals surface area contributed by atoms with Gasteiger partial charge in [-0.2, -0.15) is 0 Å². The molecule has 0 aliphatic carbocycles. The standard InChI is InChI=1S/C12H13N3O2S/c1-8-10(18-7-13-8)6-15(2)12(17)9-4-3-5-11(16)14-9/h3-5,7H,6H2,1-2H3,(H,14,16). The largest absolute Gasteiger partial charge is 0.335 e. The number of nitrogens with zero attached hydrogens (tertiary/aromatic N) is 2. The van der Waals surface area contributed by atoms with Gasteiger partial charge in [0.05, 0.1) is 17.7 Å². The third kappa shape index (κ3) is 2.65. The number of hydrogen-bond donors (Lipinski definition) is 1. The molecule has 6 heteroatoms. The summed E-state index contributed by atoms with van der Waals surface area (Å²) >= 11 is 1.52. The molecular formula is C12H13N3O2S. The highest BCUT2D eigenvalue weighted by Crippen LogP contribution is 2.14. The third-order valence-electron chi connectivity index (χ3n) is 2.57. The first-order chi connectivity index (χ1) is 8.58. The summed E-state index contributed by atoms with van der Waals surface area (Å²) in [5, 5.41) is 0. The first kappa shape index (κ1) is 12.5. The Morgan fingerprint density at radius 2 is 2.28 bits per heavy atom. The lowest BCUT2D eigenvalue weighted by molar-refractivity contribution is 0.0780. The van der Waals surface area contributed by atoms with E-state index in [1.165, 1.54) is 17.4 Å². The van der Waals surface area contributed by atoms with Crippen molar-refractivity contribution in [1.82, 2.24) is 14.9 Å². The number of carbonyl (C=O) groups excluding carboxylic acids is 1. The predicted octanol–water partition coefficient (Wildman–Crippen LogP) is 1.41. The molecule has 0 bridgehead atoms. The molecule has 0 unspecified atom stereocenters. The number of amides is 1. The van der Waals surface area contributed by atoms with Gasteiger partial charge in [-0.3, -0.25) is 9.59 Å². The van der Waals surface area contributed by atoms with E-state index in [9.17, 15) is 9.59 Å². The number of hydrogen-bond acceptors (Lipinski definition) is 4. The Hall–Kier alpha value is -1.95. The summed E-state index contributed by atoms with van der Waals surface area (Å²) < 4.78 is 0. The van der Waals surface area contributed by atoms with E-state index in [4.69, 9.17) is 0 Å². The molecule has 1 amide bonds. The highest BCUT2D eigenvalue weighted by atomic mass is 32.1. The second kappa shape index (κ2) is 5.14. The van der Waals surface area contributed by atoms with Gasteiger partial charge in [-0.1, -0.05) is 6.07 Å². The maximum absolute atomic E-state index is 12.1. The van der Waals surface area contributed by atoms with Crippen LogP contribution in [0.1, 0.15) is 21.1 Å². The molecule has 0 saturated carbocycles. The van der Waals surface area contributed by atoms with Crippen molar-refractivity contribution >= 4 is 17.2 Å². The minimum absolute atomic E-state index is 0.208. The average molecular weight is 263 g/mol. The van der Waals surface area contributed by atoms with Gasteiger partial charge >= 0.3 is 0 Å². The molecule has 0 spiro atoms. The Morgan fingerprint density at radius 3 is 2.89 bits per heavy atom. The van der Waals surface area contributed by atoms with Gasteiger partial charge in [-0.25, -0.2) is 4.98 Å². The number of rotatable bonds is 3. The number of aryl methyl sites for hydroxylation is 1. The molecule has 2 aromatic rings. The van der Waals surface area contributed by atoms with Gasteiger partial charge in [-0.15, -0.1) is 11.3 Å². The quantitative estimate of drug-likeness (QED) is 0.910. The minimum atomic E-state index is -0.275. The monoisotopic (exact) mass is 263 g/mol. The molecule has 2 heterocycles. The van der Waals surface area contributed by atoms with Crippen LogP contribution in [0, 0.1) is 6.92 Å². The van der Waals surface area contributed by atoms with E-state index in [0.717, 1.165) is 10.6 Å². The highest BCUT2D eigenvalue weighted by Gasteiger charge is 2.14. The van der Waals surface area contributed by atoms with E-state index in [-0.39, 0.29) is 11.5 Å². The van der Waals surface area contributed by atoms with Crippen LogP contribution in [0.2, 0.25) is 0 Å². The number of thiazole rings is 1. The zero-order valence-corrected chi connectivity index (χ0v) is 11.0. The van der Waals surface area contributed by atoms with Crippen LogP contribution in [0.4, 0.5) is 0 Å². The van der Waals surface area contributed by atoms with E-state index in [2.05, 4.69) is 9.97 Å². The van der Waals surface area contributed by atoms with Gasteiger partial charge in [-0.05, 0) is 13.0 Å². The van der Waals surface area contributed by atoms with Crippen molar-refractivity contribution in [3.8, 4) is 0 Å². The molecule has 2 aromatic heterocycles. The lowest BCUT2D eigenvalue weighted by Gasteiger charge is -2.16. The molecule has 94 valence electrons. The van der Waals surface area contributed by atoms with Gasteiger partial charge in [0, 0.05) is 18.0 Å². The van der Waals surface area contributed by atoms with Gasteiger partial charge in [0.1, 0.15) is 5.69 Å². The van der Waals surface area contributed by atoms with Crippen molar-refractivity contribution in [3.05, 3.63) is 50.3 Å². The Morgan fingerprint density at radius 1 is 1.50 bits per heavy atom. The Labute approximate surface area is 108 Å². The summed E-state index contributed by atoms with van der Waals surface area (Å²) in [6, 6.07) is 4.54. The Bertz CT molecular complexity index is 618. The summed E-state index contributed by atoms with van der Waals surface area (Å²) in [7, 11) is 1.70. The molecule has 0 aliphatic rings. The van der Waals surface area contributed by atoms with Gasteiger partial charge < -0.3 is 9.88 Å². The first-order valence-electron chi connectivity index (χ1n) is 5.41. The zero-order chi connectivity index (χ0) is 13.1. The summed E-state index contributed by atoms with van der Waals surface area (Å²) in [6.45, 7) is 2.40. The maximum Gasteiger partial charge on any atom is 0.270 e. The number of pyridine rings is 1. The smallest absolute Gasteiger partial charge is 0.270 e. The lowest BCUT2D eigenvalue weighted by atomic mass is 10.3. The normalized spacial score (nSPS) is 10.3. The van der Waals surface area contributed by atoms with Gasteiger partial charge in [0.15, 0.2) is 0 Å². The molecular weight excluding hydrogens is 250 g/mol. The van der Waals surface area contributed by atoms with Crippen molar-refractivity contribution in [2.45, 2.75) is 13.5 Å². The van der Waals surface area contributed by atoms with Crippen LogP contribution < -0.4 is 5.56 Å². The van der Waals surface area contributed by atoms with Crippen molar-refractivity contribution in [3.63, 3.8) is 0 Å². The second-order valence-corrected chi connectivity index (χ2v) is 4.89. The van der Waals surface area contributed by atoms with E-state index in [1.807, 2.05) is 6.92 Å². The topological polar surface area (TPSA) is 66.1 Å². The van der Waals surface area contributed by atoms with E-state index in [1.54, 1.807) is 29.6 Å². The summed E-state index contributed by atoms with van der Waals surface area (Å²) in [5.41, 5.74) is 2.71. The van der Waals surface area contributed by atoms with E-state index >= 15 is 0 Å². The number of carbonyl (C=O) groups is 1. The SMILES string of the molecule is Cc1ncsc1CN(C)C(=O)c1cccc(=O)[nH]1. The van der Waals surface area contributed by atoms with Crippen molar-refractivity contribution in [2.75, 3.05) is 7.05 Å². The fourth-order valence-corrected chi connectivity index (χ4v) is 2.37. The summed E-state index contributed by atoms with van der Waals surface area (Å²) in [5.74, 6) is -0.208. The second-order valence-electron chi connectivity index (χ2n) is 3.95. The molecule has 1 N–H and O–H groups in total. The van der Waals surface area contributed by atoms with Crippen LogP contribution in [0.15, 0.2) is 28.5 Å². The Kier molecular flexibility index (Phi) is 3.57. The molecule has 5 nitrogen and oxygen atoms in total. The van der Waals surface area contributed by atoms with Crippen molar-refractivity contribution < 1.29 is 4.79 Å². The molecule has 18 heavy (non-hydrogen) atoms. The first-order valence-corrected chi connectivity index (χ1v) is 6.29. The zero-order valence-electron chi connectivity index (χ0n) is 10.1. The molecule has 0 radical (unpaired) electrons. The summed E-state index contributed by atoms with van der Waals surface area (Å²) in [6.07, 6.45) is 0. The predicted molar refractivity (Wildman–Crippen MR) is 69.7 cm³/mol. The molecule has 0 saturated heterocycles. The van der Waals surface area contributed by atoms with E-state index < -0.39 is 0 Å². The molecule has 0 fully saturated rings. The third-order valence-corrected chi connectivity index (χ3v) is 3.49. The maximum atomic E-state index is 12.1. The summed E-state index contributed by atoms with van der Waals surface area (Å²) in [4.78, 5) is 32.5.